The lowest BCUT2D eigenvalue weighted by Crippen LogP contribution is -1.95. The molecule has 1 aromatic heterocycles. The lowest BCUT2D eigenvalue weighted by molar-refractivity contribution is 0.391. The number of hydrogen-bond acceptors (Lipinski definition) is 5. The third-order valence-corrected chi connectivity index (χ3v) is 3.40. The highest BCUT2D eigenvalue weighted by molar-refractivity contribution is 7.90. The fourth-order valence-electron chi connectivity index (χ4n) is 1.38. The lowest BCUT2D eigenvalue weighted by atomic mass is 10.2. The fraction of sp³-hybridized carbons (Fsp3) is 0.167. The maximum atomic E-state index is 11.3. The highest BCUT2D eigenvalue weighted by Gasteiger charge is 2.05. The Morgan fingerprint density at radius 3 is 2.33 bits per heavy atom. The molecule has 0 saturated carbocycles. The smallest absolute Gasteiger partial charge is 0.223 e. The molecule has 0 amide bonds. The molecule has 0 fully saturated rings. The summed E-state index contributed by atoms with van der Waals surface area (Å²) in [5.41, 5.74) is 0.866. The van der Waals surface area contributed by atoms with Crippen LogP contribution in [-0.4, -0.2) is 24.8 Å². The largest absolute Gasteiger partial charge is 0.339 e. The van der Waals surface area contributed by atoms with Crippen molar-refractivity contribution in [2.24, 2.45) is 0 Å². The van der Waals surface area contributed by atoms with Crippen molar-refractivity contribution in [2.75, 3.05) is 6.26 Å². The van der Waals surface area contributed by atoms with Crippen LogP contribution in [0.15, 0.2) is 33.7 Å². The molecule has 2 aromatic rings. The van der Waals surface area contributed by atoms with Gasteiger partial charge in [-0.05, 0) is 23.8 Å². The van der Waals surface area contributed by atoms with Gasteiger partial charge in [-0.25, -0.2) is 8.42 Å². The highest BCUT2D eigenvalue weighted by Crippen LogP contribution is 2.12. The summed E-state index contributed by atoms with van der Waals surface area (Å²) in [4.78, 5) is 4.32. The average molecular weight is 264 g/mol. The molecular weight excluding hydrogens is 252 g/mol. The predicted octanol–water partition coefficient (Wildman–Crippen LogP) is 1.95. The van der Waals surface area contributed by atoms with Crippen molar-refractivity contribution in [1.29, 1.82) is 0 Å². The minimum Gasteiger partial charge on any atom is -0.339 e. The number of sulfone groups is 1. The minimum absolute atomic E-state index is 0.301. The summed E-state index contributed by atoms with van der Waals surface area (Å²) < 4.78 is 27.4. The van der Waals surface area contributed by atoms with E-state index in [0.717, 1.165) is 5.56 Å². The van der Waals surface area contributed by atoms with Gasteiger partial charge in [-0.3, -0.25) is 0 Å². The Morgan fingerprint density at radius 2 is 1.83 bits per heavy atom. The van der Waals surface area contributed by atoms with Crippen molar-refractivity contribution in [1.82, 2.24) is 10.1 Å². The van der Waals surface area contributed by atoms with Gasteiger partial charge < -0.3 is 4.52 Å². The van der Waals surface area contributed by atoms with Gasteiger partial charge in [0.15, 0.2) is 15.7 Å². The molecule has 0 atom stereocenters. The van der Waals surface area contributed by atoms with Crippen LogP contribution in [0.4, 0.5) is 0 Å². The number of benzene rings is 1. The molecule has 5 nitrogen and oxygen atoms in total. The molecule has 0 bridgehead atoms. The maximum Gasteiger partial charge on any atom is 0.223 e. The second-order valence-electron chi connectivity index (χ2n) is 3.85. The first-order valence-electron chi connectivity index (χ1n) is 5.24. The van der Waals surface area contributed by atoms with Crippen LogP contribution in [0.1, 0.15) is 17.3 Å². The van der Waals surface area contributed by atoms with Gasteiger partial charge in [0, 0.05) is 13.2 Å². The molecular formula is C12H12N2O3S. The second kappa shape index (κ2) is 4.73. The van der Waals surface area contributed by atoms with Crippen molar-refractivity contribution >= 4 is 22.0 Å². The molecule has 2 rings (SSSR count). The molecule has 0 aliphatic carbocycles. The van der Waals surface area contributed by atoms with Crippen LogP contribution < -0.4 is 0 Å². The Hall–Kier alpha value is -1.95. The van der Waals surface area contributed by atoms with Crippen LogP contribution in [0.5, 0.6) is 0 Å². The topological polar surface area (TPSA) is 73.1 Å². The Morgan fingerprint density at radius 1 is 1.17 bits per heavy atom. The minimum atomic E-state index is -3.15. The molecule has 0 radical (unpaired) electrons. The van der Waals surface area contributed by atoms with E-state index in [-0.39, 0.29) is 0 Å². The summed E-state index contributed by atoms with van der Waals surface area (Å²) >= 11 is 0. The van der Waals surface area contributed by atoms with E-state index in [1.807, 2.05) is 0 Å². The van der Waals surface area contributed by atoms with Gasteiger partial charge in [0.25, 0.3) is 0 Å². The normalized spacial score (nSPS) is 12.1. The van der Waals surface area contributed by atoms with Crippen LogP contribution in [0.25, 0.3) is 12.2 Å². The van der Waals surface area contributed by atoms with Crippen molar-refractivity contribution in [2.45, 2.75) is 11.8 Å². The lowest BCUT2D eigenvalue weighted by Gasteiger charge is -1.98. The molecule has 0 unspecified atom stereocenters. The number of hydrogen-bond donors (Lipinski definition) is 0. The number of aryl methyl sites for hydroxylation is 1. The van der Waals surface area contributed by atoms with Crippen LogP contribution in [0.2, 0.25) is 0 Å². The SMILES string of the molecule is Cc1nc(/C=C/c2ccc(S(C)(=O)=O)cc2)no1. The van der Waals surface area contributed by atoms with Gasteiger partial charge in [0.05, 0.1) is 4.90 Å². The third-order valence-electron chi connectivity index (χ3n) is 2.28. The van der Waals surface area contributed by atoms with E-state index in [1.165, 1.54) is 6.26 Å². The van der Waals surface area contributed by atoms with E-state index >= 15 is 0 Å². The van der Waals surface area contributed by atoms with Gasteiger partial charge >= 0.3 is 0 Å². The van der Waals surface area contributed by atoms with E-state index in [2.05, 4.69) is 10.1 Å². The first kappa shape index (κ1) is 12.5. The van der Waals surface area contributed by atoms with E-state index in [0.29, 0.717) is 16.6 Å². The molecule has 1 aromatic carbocycles. The van der Waals surface area contributed by atoms with Crippen LogP contribution in [0, 0.1) is 6.92 Å². The Bertz CT molecular complexity index is 670. The Kier molecular flexibility index (Phi) is 3.29. The van der Waals surface area contributed by atoms with Crippen LogP contribution >= 0.6 is 0 Å². The van der Waals surface area contributed by atoms with Gasteiger partial charge in [-0.1, -0.05) is 23.4 Å². The zero-order valence-electron chi connectivity index (χ0n) is 9.99. The standard InChI is InChI=1S/C12H12N2O3S/c1-9-13-12(14-17-9)8-5-10-3-6-11(7-4-10)18(2,15)16/h3-8H,1-2H3/b8-5+. The summed E-state index contributed by atoms with van der Waals surface area (Å²) in [6, 6.07) is 6.58. The summed E-state index contributed by atoms with van der Waals surface area (Å²) in [6.45, 7) is 1.71. The molecule has 0 aliphatic heterocycles. The second-order valence-corrected chi connectivity index (χ2v) is 5.86. The Labute approximate surface area is 105 Å². The first-order chi connectivity index (χ1) is 8.45. The first-order valence-corrected chi connectivity index (χ1v) is 7.13. The van der Waals surface area contributed by atoms with Crippen LogP contribution in [0.3, 0.4) is 0 Å². The van der Waals surface area contributed by atoms with Gasteiger partial charge in [0.2, 0.25) is 5.89 Å². The summed E-state index contributed by atoms with van der Waals surface area (Å²) in [6.07, 6.45) is 4.67. The Balaban J connectivity index is 2.18. The van der Waals surface area contributed by atoms with E-state index in [1.54, 1.807) is 43.3 Å². The molecule has 1 heterocycles. The van der Waals surface area contributed by atoms with Crippen molar-refractivity contribution in [3.05, 3.63) is 41.5 Å². The number of rotatable bonds is 3. The summed E-state index contributed by atoms with van der Waals surface area (Å²) in [5, 5.41) is 3.72. The van der Waals surface area contributed by atoms with Crippen molar-refractivity contribution in [3.8, 4) is 0 Å². The van der Waals surface area contributed by atoms with E-state index in [4.69, 9.17) is 4.52 Å². The van der Waals surface area contributed by atoms with Gasteiger partial charge in [-0.2, -0.15) is 4.98 Å². The zero-order chi connectivity index (χ0) is 13.2. The number of aromatic nitrogens is 2. The van der Waals surface area contributed by atoms with Gasteiger partial charge in [-0.15, -0.1) is 0 Å². The van der Waals surface area contributed by atoms with Crippen molar-refractivity contribution in [3.63, 3.8) is 0 Å². The average Bonchev–Trinajstić information content (AvgIpc) is 2.72. The zero-order valence-corrected chi connectivity index (χ0v) is 10.8. The van der Waals surface area contributed by atoms with Crippen molar-refractivity contribution < 1.29 is 12.9 Å². The number of nitrogens with zero attached hydrogens (tertiary/aromatic N) is 2. The molecule has 6 heteroatoms. The van der Waals surface area contributed by atoms with E-state index in [9.17, 15) is 8.42 Å². The highest BCUT2D eigenvalue weighted by atomic mass is 32.2. The van der Waals surface area contributed by atoms with E-state index < -0.39 is 9.84 Å². The molecule has 0 aliphatic rings. The summed E-state index contributed by atoms with van der Waals surface area (Å²) in [5.74, 6) is 0.988. The van der Waals surface area contributed by atoms with Gasteiger partial charge in [0.1, 0.15) is 0 Å². The third kappa shape index (κ3) is 3.04. The molecule has 94 valence electrons. The molecule has 0 saturated heterocycles. The fourth-order valence-corrected chi connectivity index (χ4v) is 2.01. The molecule has 0 spiro atoms. The monoisotopic (exact) mass is 264 g/mol. The molecule has 18 heavy (non-hydrogen) atoms. The predicted molar refractivity (Wildman–Crippen MR) is 67.5 cm³/mol. The van der Waals surface area contributed by atoms with Crippen LogP contribution in [-0.2, 0) is 9.84 Å². The molecule has 0 N–H and O–H groups in total. The summed E-state index contributed by atoms with van der Waals surface area (Å²) in [7, 11) is -3.15. The maximum absolute atomic E-state index is 11.3. The quantitative estimate of drug-likeness (QED) is 0.847.